The number of piperazine rings is 1. The number of hydrogen-bond donors (Lipinski definition) is 1. The van der Waals surface area contributed by atoms with Crippen LogP contribution < -0.4 is 5.32 Å². The summed E-state index contributed by atoms with van der Waals surface area (Å²) in [5, 5.41) is 6.66. The average molecular weight is 384 g/mol. The van der Waals surface area contributed by atoms with Crippen LogP contribution in [0.2, 0.25) is 0 Å². The van der Waals surface area contributed by atoms with Crippen molar-refractivity contribution in [1.82, 2.24) is 20.3 Å². The van der Waals surface area contributed by atoms with Crippen molar-refractivity contribution in [1.29, 1.82) is 0 Å². The maximum Gasteiger partial charge on any atom is 0.238 e. The average Bonchev–Trinajstić information content (AvgIpc) is 3.04. The Hall–Kier alpha value is -2.67. The minimum atomic E-state index is -0.337. The Bertz CT molecular complexity index is 799. The molecule has 0 saturated carbocycles. The minimum absolute atomic E-state index is 0.00557. The van der Waals surface area contributed by atoms with E-state index in [1.807, 2.05) is 32.0 Å². The lowest BCUT2D eigenvalue weighted by molar-refractivity contribution is -0.137. The summed E-state index contributed by atoms with van der Waals surface area (Å²) >= 11 is 0. The summed E-state index contributed by atoms with van der Waals surface area (Å²) in [5.74, 6) is 0.629. The molecule has 1 fully saturated rings. The Morgan fingerprint density at radius 2 is 1.96 bits per heavy atom. The van der Waals surface area contributed by atoms with Gasteiger partial charge in [-0.25, -0.2) is 0 Å². The number of hydrogen-bond acceptors (Lipinski definition) is 5. The van der Waals surface area contributed by atoms with E-state index in [1.54, 1.807) is 11.9 Å². The number of aryl methyl sites for hydroxylation is 2. The molecule has 1 N–H and O–H groups in total. The quantitative estimate of drug-likeness (QED) is 0.813. The maximum absolute atomic E-state index is 12.8. The van der Waals surface area contributed by atoms with Crippen molar-refractivity contribution in [3.8, 4) is 0 Å². The zero-order valence-electron chi connectivity index (χ0n) is 16.8. The number of likely N-dealkylation sites (N-methyl/N-ethyl adjacent to an activating group) is 1. The molecule has 150 valence electrons. The summed E-state index contributed by atoms with van der Waals surface area (Å²) < 4.78 is 5.16. The molecule has 0 spiro atoms. The van der Waals surface area contributed by atoms with E-state index in [1.165, 1.54) is 5.56 Å². The van der Waals surface area contributed by atoms with Crippen LogP contribution in [0, 0.1) is 13.8 Å². The topological polar surface area (TPSA) is 78.7 Å². The number of carbonyl (C=O) groups is 2. The Morgan fingerprint density at radius 3 is 2.61 bits per heavy atom. The van der Waals surface area contributed by atoms with Crippen molar-refractivity contribution >= 4 is 11.8 Å². The smallest absolute Gasteiger partial charge is 0.238 e. The van der Waals surface area contributed by atoms with Gasteiger partial charge >= 0.3 is 0 Å². The van der Waals surface area contributed by atoms with E-state index >= 15 is 0 Å². The number of nitrogens with zero attached hydrogens (tertiary/aromatic N) is 3. The van der Waals surface area contributed by atoms with Gasteiger partial charge in [0.1, 0.15) is 11.8 Å². The maximum atomic E-state index is 12.8. The van der Waals surface area contributed by atoms with E-state index in [9.17, 15) is 9.59 Å². The molecule has 1 aliphatic rings. The van der Waals surface area contributed by atoms with E-state index in [4.69, 9.17) is 4.52 Å². The Labute approximate surface area is 165 Å². The second-order valence-electron chi connectivity index (χ2n) is 7.22. The van der Waals surface area contributed by atoms with Gasteiger partial charge in [0.15, 0.2) is 0 Å². The molecule has 7 heteroatoms. The first-order valence-corrected chi connectivity index (χ1v) is 9.68. The summed E-state index contributed by atoms with van der Waals surface area (Å²) in [4.78, 5) is 29.2. The fraction of sp³-hybridized carbons (Fsp3) is 0.476. The zero-order valence-corrected chi connectivity index (χ0v) is 16.8. The third kappa shape index (κ3) is 4.59. The van der Waals surface area contributed by atoms with E-state index in [0.29, 0.717) is 25.4 Å². The number of rotatable bonds is 6. The summed E-state index contributed by atoms with van der Waals surface area (Å²) in [6, 6.07) is 9.90. The summed E-state index contributed by atoms with van der Waals surface area (Å²) in [5.41, 5.74) is 2.83. The lowest BCUT2D eigenvalue weighted by Gasteiger charge is -2.40. The molecule has 2 aromatic rings. The Morgan fingerprint density at radius 1 is 1.21 bits per heavy atom. The van der Waals surface area contributed by atoms with Crippen LogP contribution >= 0.6 is 0 Å². The molecule has 2 amide bonds. The first kappa shape index (κ1) is 20.1. The highest BCUT2D eigenvalue weighted by atomic mass is 16.5. The lowest BCUT2D eigenvalue weighted by atomic mass is 10.1. The normalized spacial score (nSPS) is 17.5. The van der Waals surface area contributed by atoms with Crippen molar-refractivity contribution in [2.24, 2.45) is 0 Å². The first-order chi connectivity index (χ1) is 13.5. The van der Waals surface area contributed by atoms with Crippen LogP contribution in [0.15, 0.2) is 34.9 Å². The highest BCUT2D eigenvalue weighted by Gasteiger charge is 2.33. The minimum Gasteiger partial charge on any atom is -0.361 e. The summed E-state index contributed by atoms with van der Waals surface area (Å²) in [6.07, 6.45) is 1.13. The Kier molecular flexibility index (Phi) is 6.46. The number of benzene rings is 1. The molecular weight excluding hydrogens is 356 g/mol. The van der Waals surface area contributed by atoms with Crippen molar-refractivity contribution in [2.45, 2.75) is 32.7 Å². The van der Waals surface area contributed by atoms with Gasteiger partial charge in [-0.05, 0) is 25.8 Å². The molecule has 3 rings (SSSR count). The van der Waals surface area contributed by atoms with Crippen LogP contribution in [0.25, 0.3) is 0 Å². The van der Waals surface area contributed by atoms with Crippen LogP contribution in [-0.4, -0.2) is 66.0 Å². The van der Waals surface area contributed by atoms with Gasteiger partial charge < -0.3 is 14.7 Å². The molecule has 1 saturated heterocycles. The molecule has 1 atom stereocenters. The third-order valence-corrected chi connectivity index (χ3v) is 5.43. The predicted octanol–water partition coefficient (Wildman–Crippen LogP) is 1.34. The fourth-order valence-electron chi connectivity index (χ4n) is 3.66. The molecule has 1 aliphatic heterocycles. The van der Waals surface area contributed by atoms with Crippen LogP contribution in [-0.2, 0) is 22.4 Å². The van der Waals surface area contributed by atoms with Crippen molar-refractivity contribution < 1.29 is 14.1 Å². The fourth-order valence-corrected chi connectivity index (χ4v) is 3.66. The third-order valence-electron chi connectivity index (χ3n) is 5.43. The van der Waals surface area contributed by atoms with Gasteiger partial charge in [-0.3, -0.25) is 14.5 Å². The molecule has 1 aromatic heterocycles. The zero-order chi connectivity index (χ0) is 20.1. The van der Waals surface area contributed by atoms with Crippen molar-refractivity contribution in [3.05, 3.63) is 52.9 Å². The van der Waals surface area contributed by atoms with Gasteiger partial charge in [0, 0.05) is 38.8 Å². The number of carbonyl (C=O) groups excluding carboxylic acids is 2. The second kappa shape index (κ2) is 9.01. The van der Waals surface area contributed by atoms with Crippen LogP contribution in [0.5, 0.6) is 0 Å². The molecule has 0 aliphatic carbocycles. The van der Waals surface area contributed by atoms with Gasteiger partial charge in [0.05, 0.1) is 12.1 Å². The summed E-state index contributed by atoms with van der Waals surface area (Å²) in [6.45, 7) is 6.14. The van der Waals surface area contributed by atoms with Gasteiger partial charge in [0.2, 0.25) is 11.8 Å². The number of amides is 2. The van der Waals surface area contributed by atoms with Gasteiger partial charge in [-0.2, -0.15) is 0 Å². The number of aromatic nitrogens is 1. The van der Waals surface area contributed by atoms with Crippen LogP contribution in [0.1, 0.15) is 22.6 Å². The van der Waals surface area contributed by atoms with E-state index in [2.05, 4.69) is 27.5 Å². The summed E-state index contributed by atoms with van der Waals surface area (Å²) in [7, 11) is 1.64. The number of nitrogens with one attached hydrogen (secondary N) is 1. The van der Waals surface area contributed by atoms with E-state index in [0.717, 1.165) is 24.2 Å². The van der Waals surface area contributed by atoms with E-state index < -0.39 is 0 Å². The predicted molar refractivity (Wildman–Crippen MR) is 106 cm³/mol. The highest BCUT2D eigenvalue weighted by molar-refractivity contribution is 5.84. The van der Waals surface area contributed by atoms with Gasteiger partial charge in [0.25, 0.3) is 0 Å². The van der Waals surface area contributed by atoms with Crippen LogP contribution in [0.3, 0.4) is 0 Å². The monoisotopic (exact) mass is 384 g/mol. The van der Waals surface area contributed by atoms with Gasteiger partial charge in [-0.15, -0.1) is 0 Å². The molecule has 28 heavy (non-hydrogen) atoms. The molecular formula is C21H28N4O3. The standard InChI is InChI=1S/C21H28N4O3/c1-15-18(16(2)28-23-15)13-20(26)25-12-11-24(19(14-25)21(27)22-3)10-9-17-7-5-4-6-8-17/h4-8,19H,9-14H2,1-3H3,(H,22,27). The highest BCUT2D eigenvalue weighted by Crippen LogP contribution is 2.17. The molecule has 0 bridgehead atoms. The van der Waals surface area contributed by atoms with E-state index in [-0.39, 0.29) is 24.3 Å². The largest absolute Gasteiger partial charge is 0.361 e. The molecule has 2 heterocycles. The molecule has 0 radical (unpaired) electrons. The van der Waals surface area contributed by atoms with Crippen molar-refractivity contribution in [2.75, 3.05) is 33.2 Å². The SMILES string of the molecule is CNC(=O)C1CN(C(=O)Cc2c(C)noc2C)CCN1CCc1ccccc1. The van der Waals surface area contributed by atoms with Crippen LogP contribution in [0.4, 0.5) is 0 Å². The molecule has 1 unspecified atom stereocenters. The Balaban J connectivity index is 1.64. The molecule has 1 aromatic carbocycles. The molecule has 7 nitrogen and oxygen atoms in total. The second-order valence-corrected chi connectivity index (χ2v) is 7.22. The van der Waals surface area contributed by atoms with Gasteiger partial charge in [-0.1, -0.05) is 35.5 Å². The first-order valence-electron chi connectivity index (χ1n) is 9.68. The van der Waals surface area contributed by atoms with Crippen molar-refractivity contribution in [3.63, 3.8) is 0 Å². The lowest BCUT2D eigenvalue weighted by Crippen LogP contribution is -2.60.